The number of benzene rings is 1. The second kappa shape index (κ2) is 5.85. The highest BCUT2D eigenvalue weighted by Crippen LogP contribution is 2.32. The number of aromatic nitrogens is 3. The lowest BCUT2D eigenvalue weighted by Gasteiger charge is -2.08. The van der Waals surface area contributed by atoms with Crippen molar-refractivity contribution in [2.45, 2.75) is 6.92 Å². The fourth-order valence-corrected chi connectivity index (χ4v) is 2.43. The molecule has 0 spiro atoms. The second-order valence-corrected chi connectivity index (χ2v) is 5.09. The van der Waals surface area contributed by atoms with Crippen LogP contribution in [0.4, 0.5) is 10.1 Å². The molecule has 0 atom stereocenters. The molecule has 0 fully saturated rings. The van der Waals surface area contributed by atoms with Crippen molar-refractivity contribution in [2.24, 2.45) is 0 Å². The number of carbonyl (C=O) groups excluding carboxylic acids is 1. The van der Waals surface area contributed by atoms with Crippen LogP contribution in [0.25, 0.3) is 16.8 Å². The Morgan fingerprint density at radius 1 is 1.39 bits per heavy atom. The maximum atomic E-state index is 14.2. The molecule has 3 aromatic rings. The number of imidazole rings is 1. The van der Waals surface area contributed by atoms with E-state index in [1.54, 1.807) is 19.1 Å². The minimum atomic E-state index is -0.643. The van der Waals surface area contributed by atoms with E-state index in [1.165, 1.54) is 23.0 Å². The molecule has 0 bridgehead atoms. The highest BCUT2D eigenvalue weighted by molar-refractivity contribution is 6.33. The van der Waals surface area contributed by atoms with Gasteiger partial charge < -0.3 is 10.5 Å². The molecule has 0 saturated carbocycles. The molecular weight excluding hydrogens is 323 g/mol. The van der Waals surface area contributed by atoms with Crippen molar-refractivity contribution >= 4 is 28.8 Å². The zero-order valence-electron chi connectivity index (χ0n) is 12.1. The van der Waals surface area contributed by atoms with Crippen LogP contribution in [0, 0.1) is 5.82 Å². The summed E-state index contributed by atoms with van der Waals surface area (Å²) >= 11 is 6.05. The maximum Gasteiger partial charge on any atom is 0.359 e. The fourth-order valence-electron chi connectivity index (χ4n) is 2.18. The standard InChI is InChI=1S/C15H12ClFN4O2/c1-2-23-15(22)14-11-6-5-10(20-21(11)7-19-14)12-8(16)3-4-9(18)13(12)17/h3-7H,2,18H2,1H3. The van der Waals surface area contributed by atoms with Gasteiger partial charge >= 0.3 is 5.97 Å². The first-order valence-corrected chi connectivity index (χ1v) is 7.16. The van der Waals surface area contributed by atoms with Crippen molar-refractivity contribution in [3.8, 4) is 11.3 Å². The monoisotopic (exact) mass is 334 g/mol. The van der Waals surface area contributed by atoms with Crippen LogP contribution in [-0.4, -0.2) is 27.2 Å². The Morgan fingerprint density at radius 3 is 2.91 bits per heavy atom. The summed E-state index contributed by atoms with van der Waals surface area (Å²) in [6.45, 7) is 1.95. The number of halogens is 2. The van der Waals surface area contributed by atoms with E-state index >= 15 is 0 Å². The summed E-state index contributed by atoms with van der Waals surface area (Å²) in [5, 5.41) is 4.43. The van der Waals surface area contributed by atoms with Crippen LogP contribution < -0.4 is 5.73 Å². The molecule has 118 valence electrons. The fraction of sp³-hybridized carbons (Fsp3) is 0.133. The maximum absolute atomic E-state index is 14.2. The van der Waals surface area contributed by atoms with E-state index in [2.05, 4.69) is 10.1 Å². The van der Waals surface area contributed by atoms with E-state index in [0.29, 0.717) is 5.52 Å². The predicted molar refractivity (Wildman–Crippen MR) is 83.8 cm³/mol. The number of hydrogen-bond acceptors (Lipinski definition) is 5. The normalized spacial score (nSPS) is 10.9. The number of nitrogens with zero attached hydrogens (tertiary/aromatic N) is 3. The number of fused-ring (bicyclic) bond motifs is 1. The smallest absolute Gasteiger partial charge is 0.359 e. The summed E-state index contributed by atoms with van der Waals surface area (Å²) in [5.74, 6) is -1.19. The number of nitrogen functional groups attached to an aromatic ring is 1. The average molecular weight is 335 g/mol. The molecule has 0 aliphatic heterocycles. The molecule has 1 aromatic carbocycles. The van der Waals surface area contributed by atoms with Crippen LogP contribution >= 0.6 is 11.6 Å². The molecule has 8 heteroatoms. The summed E-state index contributed by atoms with van der Waals surface area (Å²) < 4.78 is 20.5. The predicted octanol–water partition coefficient (Wildman–Crippen LogP) is 2.95. The zero-order chi connectivity index (χ0) is 16.6. The van der Waals surface area contributed by atoms with Gasteiger partial charge in [-0.05, 0) is 31.2 Å². The Labute approximate surface area is 135 Å². The van der Waals surface area contributed by atoms with E-state index in [0.717, 1.165) is 0 Å². The molecule has 0 unspecified atom stereocenters. The molecule has 0 saturated heterocycles. The number of hydrogen-bond donors (Lipinski definition) is 1. The SMILES string of the molecule is CCOC(=O)c1ncn2nc(-c3c(Cl)ccc(N)c3F)ccc12. The summed E-state index contributed by atoms with van der Waals surface area (Å²) in [6.07, 6.45) is 1.35. The summed E-state index contributed by atoms with van der Waals surface area (Å²) in [7, 11) is 0. The van der Waals surface area contributed by atoms with E-state index in [1.807, 2.05) is 0 Å². The van der Waals surface area contributed by atoms with Gasteiger partial charge in [-0.2, -0.15) is 5.10 Å². The Balaban J connectivity index is 2.13. The minimum Gasteiger partial charge on any atom is -0.461 e. The molecule has 23 heavy (non-hydrogen) atoms. The van der Waals surface area contributed by atoms with Gasteiger partial charge in [-0.15, -0.1) is 0 Å². The van der Waals surface area contributed by atoms with Crippen LogP contribution in [-0.2, 0) is 4.74 Å². The van der Waals surface area contributed by atoms with Gasteiger partial charge in [0.15, 0.2) is 11.5 Å². The van der Waals surface area contributed by atoms with Crippen molar-refractivity contribution in [3.63, 3.8) is 0 Å². The zero-order valence-corrected chi connectivity index (χ0v) is 12.8. The Kier molecular flexibility index (Phi) is 3.87. The van der Waals surface area contributed by atoms with Gasteiger partial charge in [0.25, 0.3) is 0 Å². The van der Waals surface area contributed by atoms with Gasteiger partial charge in [0.1, 0.15) is 6.33 Å². The molecule has 3 rings (SSSR count). The topological polar surface area (TPSA) is 82.5 Å². The quantitative estimate of drug-likeness (QED) is 0.588. The van der Waals surface area contributed by atoms with Crippen molar-refractivity contribution in [1.29, 1.82) is 0 Å². The lowest BCUT2D eigenvalue weighted by atomic mass is 10.1. The Hall–Kier alpha value is -2.67. The third-order valence-corrected chi connectivity index (χ3v) is 3.56. The van der Waals surface area contributed by atoms with Crippen LogP contribution in [0.1, 0.15) is 17.4 Å². The highest BCUT2D eigenvalue weighted by atomic mass is 35.5. The van der Waals surface area contributed by atoms with E-state index < -0.39 is 11.8 Å². The molecule has 2 heterocycles. The van der Waals surface area contributed by atoms with Crippen molar-refractivity contribution < 1.29 is 13.9 Å². The largest absolute Gasteiger partial charge is 0.461 e. The third kappa shape index (κ3) is 2.59. The Bertz CT molecular complexity index is 910. The van der Waals surface area contributed by atoms with Crippen LogP contribution in [0.5, 0.6) is 0 Å². The molecule has 6 nitrogen and oxygen atoms in total. The number of esters is 1. The number of ether oxygens (including phenoxy) is 1. The van der Waals surface area contributed by atoms with Crippen molar-refractivity contribution in [2.75, 3.05) is 12.3 Å². The summed E-state index contributed by atoms with van der Waals surface area (Å²) in [6, 6.07) is 6.03. The van der Waals surface area contributed by atoms with Gasteiger partial charge in [-0.1, -0.05) is 11.6 Å². The van der Waals surface area contributed by atoms with Crippen LogP contribution in [0.3, 0.4) is 0 Å². The molecule has 2 aromatic heterocycles. The average Bonchev–Trinajstić information content (AvgIpc) is 2.95. The number of rotatable bonds is 3. The summed E-state index contributed by atoms with van der Waals surface area (Å²) in [4.78, 5) is 15.8. The lowest BCUT2D eigenvalue weighted by Crippen LogP contribution is -2.06. The number of nitrogens with two attached hydrogens (primary N) is 1. The van der Waals surface area contributed by atoms with E-state index in [-0.39, 0.29) is 34.3 Å². The van der Waals surface area contributed by atoms with Crippen molar-refractivity contribution in [1.82, 2.24) is 14.6 Å². The van der Waals surface area contributed by atoms with Gasteiger partial charge in [-0.25, -0.2) is 18.7 Å². The van der Waals surface area contributed by atoms with Gasteiger partial charge in [0.05, 0.1) is 34.1 Å². The van der Waals surface area contributed by atoms with Crippen LogP contribution in [0.2, 0.25) is 5.02 Å². The molecule has 0 radical (unpaired) electrons. The summed E-state index contributed by atoms with van der Waals surface area (Å²) in [5.41, 5.74) is 6.52. The first-order chi connectivity index (χ1) is 11.0. The molecule has 2 N–H and O–H groups in total. The second-order valence-electron chi connectivity index (χ2n) is 4.69. The first kappa shape index (κ1) is 15.2. The molecule has 0 aliphatic carbocycles. The molecule has 0 aliphatic rings. The first-order valence-electron chi connectivity index (χ1n) is 6.78. The number of anilines is 1. The van der Waals surface area contributed by atoms with Gasteiger partial charge in [0, 0.05) is 0 Å². The molecular formula is C15H12ClFN4O2. The van der Waals surface area contributed by atoms with E-state index in [4.69, 9.17) is 22.1 Å². The molecule has 0 amide bonds. The lowest BCUT2D eigenvalue weighted by molar-refractivity contribution is 0.0522. The van der Waals surface area contributed by atoms with Crippen molar-refractivity contribution in [3.05, 3.63) is 47.1 Å². The van der Waals surface area contributed by atoms with Crippen LogP contribution in [0.15, 0.2) is 30.6 Å². The number of carbonyl (C=O) groups is 1. The minimum absolute atomic E-state index is 0.0239. The van der Waals surface area contributed by atoms with E-state index in [9.17, 15) is 9.18 Å². The van der Waals surface area contributed by atoms with Gasteiger partial charge in [-0.3, -0.25) is 0 Å². The Morgan fingerprint density at radius 2 is 2.17 bits per heavy atom. The highest BCUT2D eigenvalue weighted by Gasteiger charge is 2.18. The third-order valence-electron chi connectivity index (χ3n) is 3.25. The van der Waals surface area contributed by atoms with Gasteiger partial charge in [0.2, 0.25) is 0 Å².